The highest BCUT2D eigenvalue weighted by atomic mass is 32.1. The Labute approximate surface area is 129 Å². The first-order valence-corrected chi connectivity index (χ1v) is 7.73. The third-order valence-electron chi connectivity index (χ3n) is 3.39. The highest BCUT2D eigenvalue weighted by molar-refractivity contribution is 7.11. The number of aryl methyl sites for hydroxylation is 1. The van der Waals surface area contributed by atoms with Gasteiger partial charge >= 0.3 is 5.97 Å². The van der Waals surface area contributed by atoms with Crippen molar-refractivity contribution in [2.24, 2.45) is 0 Å². The predicted octanol–water partition coefficient (Wildman–Crippen LogP) is 3.32. The summed E-state index contributed by atoms with van der Waals surface area (Å²) in [6, 6.07) is 10.2. The van der Waals surface area contributed by atoms with E-state index in [-0.39, 0.29) is 12.3 Å². The Hall–Kier alpha value is -1.88. The van der Waals surface area contributed by atoms with E-state index < -0.39 is 5.97 Å². The molecule has 1 aromatic carbocycles. The van der Waals surface area contributed by atoms with E-state index in [4.69, 9.17) is 5.11 Å². The van der Waals surface area contributed by atoms with E-state index in [1.54, 1.807) is 0 Å². The van der Waals surface area contributed by atoms with E-state index in [1.807, 2.05) is 25.1 Å². The summed E-state index contributed by atoms with van der Waals surface area (Å²) in [4.78, 5) is 18.4. The Bertz CT molecular complexity index is 610. The van der Waals surface area contributed by atoms with Gasteiger partial charge < -0.3 is 10.0 Å². The van der Waals surface area contributed by atoms with Gasteiger partial charge in [-0.05, 0) is 19.1 Å². The number of para-hydroxylation sites is 1. The predicted molar refractivity (Wildman–Crippen MR) is 86.3 cm³/mol. The van der Waals surface area contributed by atoms with Gasteiger partial charge in [-0.3, -0.25) is 4.79 Å². The quantitative estimate of drug-likeness (QED) is 0.889. The molecule has 1 aromatic heterocycles. The molecule has 0 saturated carbocycles. The molecule has 1 heterocycles. The highest BCUT2D eigenvalue weighted by Gasteiger charge is 2.17. The minimum absolute atomic E-state index is 0.0603. The Morgan fingerprint density at radius 2 is 2.05 bits per heavy atom. The number of hydrogen-bond donors (Lipinski definition) is 1. The number of hydrogen-bond acceptors (Lipinski definition) is 4. The van der Waals surface area contributed by atoms with Crippen LogP contribution in [0.15, 0.2) is 30.3 Å². The van der Waals surface area contributed by atoms with Crippen LogP contribution in [0.4, 0.5) is 5.69 Å². The number of likely N-dealkylation sites (N-methyl/N-ethyl adjacent to an activating group) is 1. The molecule has 0 saturated heterocycles. The monoisotopic (exact) mass is 304 g/mol. The average molecular weight is 304 g/mol. The zero-order valence-corrected chi connectivity index (χ0v) is 13.4. The maximum atomic E-state index is 10.8. The summed E-state index contributed by atoms with van der Waals surface area (Å²) in [5.74, 6) is -0.538. The van der Waals surface area contributed by atoms with Gasteiger partial charge in [0, 0.05) is 30.1 Å². The summed E-state index contributed by atoms with van der Waals surface area (Å²) >= 11 is 1.51. The van der Waals surface area contributed by atoms with Crippen molar-refractivity contribution in [3.63, 3.8) is 0 Å². The lowest BCUT2D eigenvalue weighted by atomic mass is 10.1. The van der Waals surface area contributed by atoms with Gasteiger partial charge in [0.25, 0.3) is 0 Å². The first-order valence-electron chi connectivity index (χ1n) is 6.91. The molecule has 0 aliphatic rings. The average Bonchev–Trinajstić information content (AvgIpc) is 2.80. The van der Waals surface area contributed by atoms with Crippen molar-refractivity contribution in [3.8, 4) is 0 Å². The Kier molecular flexibility index (Phi) is 4.96. The van der Waals surface area contributed by atoms with Gasteiger partial charge in [0.1, 0.15) is 0 Å². The topological polar surface area (TPSA) is 53.4 Å². The molecule has 2 aromatic rings. The first kappa shape index (κ1) is 15.5. The number of anilines is 1. The number of benzene rings is 1. The van der Waals surface area contributed by atoms with E-state index in [9.17, 15) is 4.79 Å². The minimum atomic E-state index is -0.803. The summed E-state index contributed by atoms with van der Waals surface area (Å²) < 4.78 is 0. The molecule has 0 spiro atoms. The molecule has 1 atom stereocenters. The standard InChI is InChI=1S/C16H20N2O2S/c1-11(10-18(3)13-7-5-4-6-8-13)16-17-12(2)14(21-16)9-15(19)20/h4-8,11H,9-10H2,1-3H3,(H,19,20). The second-order valence-corrected chi connectivity index (χ2v) is 6.36. The molecule has 1 N–H and O–H groups in total. The maximum Gasteiger partial charge on any atom is 0.308 e. The summed E-state index contributed by atoms with van der Waals surface area (Å²) in [6.07, 6.45) is 0.0603. The molecule has 0 amide bonds. The molecule has 2 rings (SSSR count). The van der Waals surface area contributed by atoms with Crippen LogP contribution in [0.25, 0.3) is 0 Å². The van der Waals surface area contributed by atoms with E-state index in [0.29, 0.717) is 0 Å². The minimum Gasteiger partial charge on any atom is -0.481 e. The number of nitrogens with zero attached hydrogens (tertiary/aromatic N) is 2. The fourth-order valence-electron chi connectivity index (χ4n) is 2.24. The summed E-state index contributed by atoms with van der Waals surface area (Å²) in [5, 5.41) is 9.91. The third-order valence-corrected chi connectivity index (χ3v) is 4.78. The second-order valence-electron chi connectivity index (χ2n) is 5.25. The first-order chi connectivity index (χ1) is 9.97. The SMILES string of the molecule is Cc1nc(C(C)CN(C)c2ccccc2)sc1CC(=O)O. The van der Waals surface area contributed by atoms with Crippen molar-refractivity contribution in [2.75, 3.05) is 18.5 Å². The number of carboxylic acid groups (broad SMARTS) is 1. The van der Waals surface area contributed by atoms with Crippen molar-refractivity contribution < 1.29 is 9.90 Å². The van der Waals surface area contributed by atoms with E-state index >= 15 is 0 Å². The Morgan fingerprint density at radius 1 is 1.38 bits per heavy atom. The molecule has 4 nitrogen and oxygen atoms in total. The zero-order chi connectivity index (χ0) is 15.4. The maximum absolute atomic E-state index is 10.8. The molecule has 0 aliphatic heterocycles. The van der Waals surface area contributed by atoms with E-state index in [2.05, 4.69) is 36.0 Å². The number of carboxylic acids is 1. The van der Waals surface area contributed by atoms with Gasteiger partial charge in [-0.25, -0.2) is 4.98 Å². The fourth-order valence-corrected chi connectivity index (χ4v) is 3.34. The number of thiazole rings is 1. The molecular weight excluding hydrogens is 284 g/mol. The van der Waals surface area contributed by atoms with Crippen LogP contribution in [0.5, 0.6) is 0 Å². The normalized spacial score (nSPS) is 12.1. The van der Waals surface area contributed by atoms with Crippen LogP contribution in [0.3, 0.4) is 0 Å². The summed E-state index contributed by atoms with van der Waals surface area (Å²) in [5.41, 5.74) is 2.01. The number of carbonyl (C=O) groups is 1. The lowest BCUT2D eigenvalue weighted by Crippen LogP contribution is -2.22. The summed E-state index contributed by atoms with van der Waals surface area (Å²) in [7, 11) is 2.06. The lowest BCUT2D eigenvalue weighted by molar-refractivity contribution is -0.136. The van der Waals surface area contributed by atoms with Crippen molar-refractivity contribution >= 4 is 23.0 Å². The molecule has 0 radical (unpaired) electrons. The van der Waals surface area contributed by atoms with Crippen LogP contribution in [0.1, 0.15) is 28.4 Å². The van der Waals surface area contributed by atoms with Gasteiger partial charge in [-0.1, -0.05) is 25.1 Å². The van der Waals surface area contributed by atoms with Crippen molar-refractivity contribution in [2.45, 2.75) is 26.2 Å². The third kappa shape index (κ3) is 4.04. The van der Waals surface area contributed by atoms with Gasteiger partial charge in [-0.2, -0.15) is 0 Å². The van der Waals surface area contributed by atoms with Gasteiger partial charge in [0.05, 0.1) is 17.1 Å². The zero-order valence-electron chi connectivity index (χ0n) is 12.5. The number of aliphatic carboxylic acids is 1. The van der Waals surface area contributed by atoms with Crippen LogP contribution in [0.2, 0.25) is 0 Å². The fraction of sp³-hybridized carbons (Fsp3) is 0.375. The van der Waals surface area contributed by atoms with E-state index in [0.717, 1.165) is 22.1 Å². The molecule has 0 bridgehead atoms. The van der Waals surface area contributed by atoms with Crippen molar-refractivity contribution in [3.05, 3.63) is 45.9 Å². The molecular formula is C16H20N2O2S. The largest absolute Gasteiger partial charge is 0.481 e. The van der Waals surface area contributed by atoms with Crippen LogP contribution in [-0.2, 0) is 11.2 Å². The number of aromatic nitrogens is 1. The molecule has 5 heteroatoms. The molecule has 0 fully saturated rings. The summed E-state index contributed by atoms with van der Waals surface area (Å²) in [6.45, 7) is 4.86. The smallest absolute Gasteiger partial charge is 0.308 e. The second kappa shape index (κ2) is 6.72. The molecule has 112 valence electrons. The van der Waals surface area contributed by atoms with Gasteiger partial charge in [-0.15, -0.1) is 11.3 Å². The van der Waals surface area contributed by atoms with E-state index in [1.165, 1.54) is 17.0 Å². The Morgan fingerprint density at radius 3 is 2.67 bits per heavy atom. The van der Waals surface area contributed by atoms with Crippen LogP contribution >= 0.6 is 11.3 Å². The van der Waals surface area contributed by atoms with Crippen LogP contribution < -0.4 is 4.90 Å². The van der Waals surface area contributed by atoms with Crippen molar-refractivity contribution in [1.82, 2.24) is 4.98 Å². The Balaban J connectivity index is 2.06. The van der Waals surface area contributed by atoms with Crippen LogP contribution in [-0.4, -0.2) is 29.7 Å². The molecule has 21 heavy (non-hydrogen) atoms. The van der Waals surface area contributed by atoms with Gasteiger partial charge in [0.2, 0.25) is 0 Å². The van der Waals surface area contributed by atoms with Gasteiger partial charge in [0.15, 0.2) is 0 Å². The van der Waals surface area contributed by atoms with Crippen LogP contribution in [0, 0.1) is 6.92 Å². The highest BCUT2D eigenvalue weighted by Crippen LogP contribution is 2.27. The molecule has 0 aliphatic carbocycles. The van der Waals surface area contributed by atoms with Crippen molar-refractivity contribution in [1.29, 1.82) is 0 Å². The number of rotatable bonds is 6. The molecule has 1 unspecified atom stereocenters. The lowest BCUT2D eigenvalue weighted by Gasteiger charge is -2.22.